The number of nitrogens with two attached hydrogens (primary N) is 1. The van der Waals surface area contributed by atoms with E-state index < -0.39 is 0 Å². The molecule has 0 atom stereocenters. The molecular weight excluding hydrogens is 180 g/mol. The molecule has 0 amide bonds. The Kier molecular flexibility index (Phi) is 3.34. The molecule has 0 fully saturated rings. The number of methoxy groups -OCH3 is 1. The standard InChI is InChI=1S/C10H14N2O2/c1-3-14-9-7(10(11)12)5-4-6-8(9)13-2/h4-6H,3H2,1-2H3,(H3,11,12). The van der Waals surface area contributed by atoms with Gasteiger partial charge in [-0.05, 0) is 19.1 Å². The third-order valence-electron chi connectivity index (χ3n) is 1.78. The Morgan fingerprint density at radius 3 is 2.71 bits per heavy atom. The number of ether oxygens (including phenoxy) is 2. The van der Waals surface area contributed by atoms with Gasteiger partial charge in [0.2, 0.25) is 0 Å². The average Bonchev–Trinajstić information content (AvgIpc) is 2.18. The summed E-state index contributed by atoms with van der Waals surface area (Å²) < 4.78 is 10.5. The van der Waals surface area contributed by atoms with Crippen molar-refractivity contribution in [2.75, 3.05) is 13.7 Å². The fourth-order valence-corrected chi connectivity index (χ4v) is 1.18. The van der Waals surface area contributed by atoms with Gasteiger partial charge in [0, 0.05) is 0 Å². The maximum Gasteiger partial charge on any atom is 0.172 e. The Morgan fingerprint density at radius 2 is 2.21 bits per heavy atom. The number of hydrogen-bond donors (Lipinski definition) is 2. The Balaban J connectivity index is 3.20. The van der Waals surface area contributed by atoms with Crippen LogP contribution in [0.1, 0.15) is 12.5 Å². The second-order valence-electron chi connectivity index (χ2n) is 2.68. The molecule has 0 aromatic heterocycles. The largest absolute Gasteiger partial charge is 0.493 e. The summed E-state index contributed by atoms with van der Waals surface area (Å²) in [6.07, 6.45) is 0. The monoisotopic (exact) mass is 194 g/mol. The summed E-state index contributed by atoms with van der Waals surface area (Å²) in [5.74, 6) is 1.11. The molecule has 0 spiro atoms. The highest BCUT2D eigenvalue weighted by molar-refractivity contribution is 5.98. The van der Waals surface area contributed by atoms with Gasteiger partial charge in [-0.15, -0.1) is 0 Å². The first-order chi connectivity index (χ1) is 6.70. The van der Waals surface area contributed by atoms with E-state index in [2.05, 4.69) is 0 Å². The second-order valence-corrected chi connectivity index (χ2v) is 2.68. The van der Waals surface area contributed by atoms with E-state index in [0.29, 0.717) is 23.7 Å². The van der Waals surface area contributed by atoms with E-state index >= 15 is 0 Å². The third-order valence-corrected chi connectivity index (χ3v) is 1.78. The number of para-hydroxylation sites is 1. The summed E-state index contributed by atoms with van der Waals surface area (Å²) in [6, 6.07) is 5.28. The summed E-state index contributed by atoms with van der Waals surface area (Å²) in [6.45, 7) is 2.39. The van der Waals surface area contributed by atoms with E-state index in [1.54, 1.807) is 25.3 Å². The van der Waals surface area contributed by atoms with Gasteiger partial charge in [0.15, 0.2) is 11.5 Å². The summed E-state index contributed by atoms with van der Waals surface area (Å²) in [7, 11) is 1.56. The van der Waals surface area contributed by atoms with Crippen molar-refractivity contribution in [3.05, 3.63) is 23.8 Å². The van der Waals surface area contributed by atoms with Crippen LogP contribution in [0, 0.1) is 5.41 Å². The Bertz CT molecular complexity index is 337. The van der Waals surface area contributed by atoms with Crippen LogP contribution in [0.5, 0.6) is 11.5 Å². The molecule has 4 nitrogen and oxygen atoms in total. The number of nitrogens with one attached hydrogen (secondary N) is 1. The Morgan fingerprint density at radius 1 is 1.50 bits per heavy atom. The normalized spacial score (nSPS) is 9.57. The number of rotatable bonds is 4. The zero-order valence-electron chi connectivity index (χ0n) is 8.33. The molecule has 0 radical (unpaired) electrons. The van der Waals surface area contributed by atoms with Crippen LogP contribution in [0.25, 0.3) is 0 Å². The first-order valence-electron chi connectivity index (χ1n) is 4.34. The summed E-state index contributed by atoms with van der Waals surface area (Å²) in [4.78, 5) is 0. The van der Waals surface area contributed by atoms with Crippen LogP contribution in [0.2, 0.25) is 0 Å². The van der Waals surface area contributed by atoms with Gasteiger partial charge in [0.1, 0.15) is 5.84 Å². The van der Waals surface area contributed by atoms with Crippen molar-refractivity contribution in [2.45, 2.75) is 6.92 Å². The van der Waals surface area contributed by atoms with Crippen molar-refractivity contribution in [1.82, 2.24) is 0 Å². The van der Waals surface area contributed by atoms with E-state index in [1.165, 1.54) is 0 Å². The van der Waals surface area contributed by atoms with Crippen molar-refractivity contribution in [3.8, 4) is 11.5 Å². The van der Waals surface area contributed by atoms with E-state index in [0.717, 1.165) is 0 Å². The molecule has 0 saturated heterocycles. The second kappa shape index (κ2) is 4.50. The number of amidine groups is 1. The SMILES string of the molecule is CCOc1c(OC)cccc1C(=N)N. The van der Waals surface area contributed by atoms with Gasteiger partial charge in [-0.3, -0.25) is 5.41 Å². The molecule has 14 heavy (non-hydrogen) atoms. The highest BCUT2D eigenvalue weighted by Crippen LogP contribution is 2.30. The van der Waals surface area contributed by atoms with Crippen LogP contribution < -0.4 is 15.2 Å². The van der Waals surface area contributed by atoms with Gasteiger partial charge in [-0.1, -0.05) is 6.07 Å². The van der Waals surface area contributed by atoms with Gasteiger partial charge in [0.05, 0.1) is 19.3 Å². The fraction of sp³-hybridized carbons (Fsp3) is 0.300. The van der Waals surface area contributed by atoms with Gasteiger partial charge in [-0.2, -0.15) is 0 Å². The minimum atomic E-state index is -0.0210. The van der Waals surface area contributed by atoms with Crippen LogP contribution in [-0.4, -0.2) is 19.6 Å². The maximum atomic E-state index is 7.37. The molecule has 1 rings (SSSR count). The van der Waals surface area contributed by atoms with E-state index in [9.17, 15) is 0 Å². The van der Waals surface area contributed by atoms with Gasteiger partial charge in [-0.25, -0.2) is 0 Å². The molecule has 0 unspecified atom stereocenters. The first kappa shape index (κ1) is 10.4. The highest BCUT2D eigenvalue weighted by atomic mass is 16.5. The maximum absolute atomic E-state index is 7.37. The highest BCUT2D eigenvalue weighted by Gasteiger charge is 2.11. The molecule has 0 aliphatic carbocycles. The lowest BCUT2D eigenvalue weighted by Gasteiger charge is -2.12. The molecule has 0 heterocycles. The molecule has 1 aromatic rings. The Hall–Kier alpha value is -1.71. The molecule has 0 bridgehead atoms. The average molecular weight is 194 g/mol. The van der Waals surface area contributed by atoms with Crippen LogP contribution >= 0.6 is 0 Å². The minimum Gasteiger partial charge on any atom is -0.493 e. The van der Waals surface area contributed by atoms with Crippen molar-refractivity contribution in [2.24, 2.45) is 5.73 Å². The van der Waals surface area contributed by atoms with Gasteiger partial charge in [0.25, 0.3) is 0 Å². The smallest absolute Gasteiger partial charge is 0.172 e. The van der Waals surface area contributed by atoms with E-state index in [1.807, 2.05) is 6.92 Å². The van der Waals surface area contributed by atoms with Crippen molar-refractivity contribution >= 4 is 5.84 Å². The molecule has 4 heteroatoms. The number of nitrogen functional groups attached to an aromatic ring is 1. The van der Waals surface area contributed by atoms with Crippen LogP contribution in [0.3, 0.4) is 0 Å². The molecular formula is C10H14N2O2. The lowest BCUT2D eigenvalue weighted by molar-refractivity contribution is 0.310. The van der Waals surface area contributed by atoms with Gasteiger partial charge < -0.3 is 15.2 Å². The molecule has 0 aliphatic heterocycles. The van der Waals surface area contributed by atoms with Crippen LogP contribution in [0.4, 0.5) is 0 Å². The third kappa shape index (κ3) is 1.96. The molecule has 0 saturated carbocycles. The molecule has 3 N–H and O–H groups in total. The molecule has 1 aromatic carbocycles. The van der Waals surface area contributed by atoms with Crippen molar-refractivity contribution < 1.29 is 9.47 Å². The quantitative estimate of drug-likeness (QED) is 0.562. The molecule has 0 aliphatic rings. The van der Waals surface area contributed by atoms with Crippen LogP contribution in [0.15, 0.2) is 18.2 Å². The summed E-state index contributed by atoms with van der Waals surface area (Å²) >= 11 is 0. The fourth-order valence-electron chi connectivity index (χ4n) is 1.18. The molecule has 76 valence electrons. The zero-order valence-corrected chi connectivity index (χ0v) is 8.33. The number of hydrogen-bond acceptors (Lipinski definition) is 3. The van der Waals surface area contributed by atoms with Crippen molar-refractivity contribution in [3.63, 3.8) is 0 Å². The topological polar surface area (TPSA) is 68.3 Å². The summed E-state index contributed by atoms with van der Waals surface area (Å²) in [5.41, 5.74) is 5.98. The van der Waals surface area contributed by atoms with E-state index in [4.69, 9.17) is 20.6 Å². The lowest BCUT2D eigenvalue weighted by Crippen LogP contribution is -2.13. The summed E-state index contributed by atoms with van der Waals surface area (Å²) in [5, 5.41) is 7.37. The zero-order chi connectivity index (χ0) is 10.6. The predicted molar refractivity (Wildman–Crippen MR) is 55.2 cm³/mol. The predicted octanol–water partition coefficient (Wildman–Crippen LogP) is 1.38. The van der Waals surface area contributed by atoms with Crippen LogP contribution in [-0.2, 0) is 0 Å². The first-order valence-corrected chi connectivity index (χ1v) is 4.34. The van der Waals surface area contributed by atoms with E-state index in [-0.39, 0.29) is 5.84 Å². The minimum absolute atomic E-state index is 0.0210. The van der Waals surface area contributed by atoms with Gasteiger partial charge >= 0.3 is 0 Å². The number of benzene rings is 1. The Labute approximate surface area is 83.1 Å². The van der Waals surface area contributed by atoms with Crippen molar-refractivity contribution in [1.29, 1.82) is 5.41 Å². The lowest BCUT2D eigenvalue weighted by atomic mass is 10.1.